The van der Waals surface area contributed by atoms with E-state index in [9.17, 15) is 18.0 Å². The summed E-state index contributed by atoms with van der Waals surface area (Å²) < 4.78 is 41.4. The maximum absolute atomic E-state index is 12.3. The van der Waals surface area contributed by atoms with Gasteiger partial charge in [-0.2, -0.15) is 13.2 Å². The van der Waals surface area contributed by atoms with E-state index in [1.165, 1.54) is 0 Å². The number of nitrogens with zero attached hydrogens (tertiary/aromatic N) is 1. The van der Waals surface area contributed by atoms with Crippen LogP contribution in [0.2, 0.25) is 0 Å². The number of nitrogens with one attached hydrogen (secondary N) is 1. The van der Waals surface area contributed by atoms with Crippen molar-refractivity contribution in [3.05, 3.63) is 23.9 Å². The molecule has 0 aromatic carbocycles. The first-order valence-corrected chi connectivity index (χ1v) is 4.09. The number of pyridine rings is 1. The monoisotopic (exact) mass is 235 g/mol. The quantitative estimate of drug-likeness (QED) is 0.453. The number of amides is 1. The van der Waals surface area contributed by atoms with Crippen LogP contribution in [-0.2, 0) is 11.0 Å². The van der Waals surface area contributed by atoms with Crippen LogP contribution < -0.4 is 16.0 Å². The lowest BCUT2D eigenvalue weighted by Gasteiger charge is -2.08. The maximum atomic E-state index is 12.3. The average molecular weight is 235 g/mol. The van der Waals surface area contributed by atoms with Crippen LogP contribution >= 0.6 is 0 Å². The lowest BCUT2D eigenvalue weighted by Crippen LogP contribution is -2.34. The summed E-state index contributed by atoms with van der Waals surface area (Å²) in [5.74, 6) is 3.79. The summed E-state index contributed by atoms with van der Waals surface area (Å²) >= 11 is 0. The zero-order valence-corrected chi connectivity index (χ0v) is 7.91. The molecule has 0 spiro atoms. The Labute approximate surface area is 88.4 Å². The smallest absolute Gasteiger partial charge is 0.416 e. The molecule has 16 heavy (non-hydrogen) atoms. The second-order valence-corrected chi connectivity index (χ2v) is 2.74. The Hall–Kier alpha value is -1.83. The number of ether oxygens (including phenoxy) is 1. The zero-order valence-electron chi connectivity index (χ0n) is 7.91. The van der Waals surface area contributed by atoms with Crippen molar-refractivity contribution in [2.24, 2.45) is 5.84 Å². The van der Waals surface area contributed by atoms with E-state index < -0.39 is 24.3 Å². The van der Waals surface area contributed by atoms with Crippen molar-refractivity contribution in [3.8, 4) is 5.88 Å². The number of carbonyl (C=O) groups is 1. The summed E-state index contributed by atoms with van der Waals surface area (Å²) in [5.41, 5.74) is 0.869. The Balaban J connectivity index is 2.72. The van der Waals surface area contributed by atoms with Crippen molar-refractivity contribution in [1.82, 2.24) is 10.4 Å². The van der Waals surface area contributed by atoms with E-state index in [-0.39, 0.29) is 5.88 Å². The normalized spacial score (nSPS) is 11.0. The van der Waals surface area contributed by atoms with E-state index in [0.717, 1.165) is 12.3 Å². The molecule has 0 radical (unpaired) electrons. The second kappa shape index (κ2) is 4.79. The van der Waals surface area contributed by atoms with Crippen molar-refractivity contribution in [1.29, 1.82) is 0 Å². The molecule has 8 heteroatoms. The van der Waals surface area contributed by atoms with Gasteiger partial charge in [0.2, 0.25) is 5.88 Å². The molecule has 0 unspecified atom stereocenters. The molecular weight excluding hydrogens is 227 g/mol. The van der Waals surface area contributed by atoms with Crippen molar-refractivity contribution >= 4 is 5.91 Å². The van der Waals surface area contributed by atoms with Crippen molar-refractivity contribution in [3.63, 3.8) is 0 Å². The topological polar surface area (TPSA) is 77.2 Å². The zero-order chi connectivity index (χ0) is 12.2. The van der Waals surface area contributed by atoms with Crippen LogP contribution in [0.4, 0.5) is 13.2 Å². The largest absolute Gasteiger partial charge is 0.467 e. The van der Waals surface area contributed by atoms with E-state index in [4.69, 9.17) is 10.6 Å². The fourth-order valence-electron chi connectivity index (χ4n) is 0.846. The molecule has 1 rings (SSSR count). The molecule has 1 heterocycles. The lowest BCUT2D eigenvalue weighted by molar-refractivity contribution is -0.137. The molecule has 0 saturated heterocycles. The lowest BCUT2D eigenvalue weighted by atomic mass is 10.2. The number of hydrogen-bond donors (Lipinski definition) is 2. The fourth-order valence-corrected chi connectivity index (χ4v) is 0.846. The summed E-state index contributed by atoms with van der Waals surface area (Å²) in [6.45, 7) is -0.495. The third-order valence-electron chi connectivity index (χ3n) is 1.57. The Morgan fingerprint density at radius 3 is 2.81 bits per heavy atom. The van der Waals surface area contributed by atoms with Crippen LogP contribution in [0, 0.1) is 0 Å². The molecule has 0 aliphatic rings. The summed E-state index contributed by atoms with van der Waals surface area (Å²) in [6.07, 6.45) is -3.53. The number of hydrazine groups is 1. The highest BCUT2D eigenvalue weighted by atomic mass is 19.4. The minimum absolute atomic E-state index is 0.293. The van der Waals surface area contributed by atoms with Gasteiger partial charge in [0, 0.05) is 12.3 Å². The van der Waals surface area contributed by atoms with Crippen LogP contribution in [0.25, 0.3) is 0 Å². The van der Waals surface area contributed by atoms with Crippen LogP contribution in [0.1, 0.15) is 5.56 Å². The van der Waals surface area contributed by atoms with Gasteiger partial charge >= 0.3 is 6.18 Å². The molecule has 88 valence electrons. The Morgan fingerprint density at radius 2 is 2.25 bits per heavy atom. The van der Waals surface area contributed by atoms with Crippen LogP contribution in [0.5, 0.6) is 5.88 Å². The molecule has 3 N–H and O–H groups in total. The van der Waals surface area contributed by atoms with Crippen LogP contribution in [0.3, 0.4) is 0 Å². The molecule has 1 amide bonds. The molecular formula is C8H8F3N3O2. The van der Waals surface area contributed by atoms with Crippen molar-refractivity contribution < 1.29 is 22.7 Å². The average Bonchev–Trinajstić information content (AvgIpc) is 2.25. The van der Waals surface area contributed by atoms with Gasteiger partial charge < -0.3 is 4.74 Å². The number of hydrogen-bond acceptors (Lipinski definition) is 4. The Kier molecular flexibility index (Phi) is 3.67. The van der Waals surface area contributed by atoms with Gasteiger partial charge in [-0.15, -0.1) is 0 Å². The van der Waals surface area contributed by atoms with Gasteiger partial charge in [0.25, 0.3) is 5.91 Å². The second-order valence-electron chi connectivity index (χ2n) is 2.74. The summed E-state index contributed by atoms with van der Waals surface area (Å²) in [7, 11) is 0. The van der Waals surface area contributed by atoms with Crippen LogP contribution in [0.15, 0.2) is 18.3 Å². The summed E-state index contributed by atoms with van der Waals surface area (Å²) in [5, 5.41) is 0. The number of aromatic nitrogens is 1. The molecule has 5 nitrogen and oxygen atoms in total. The van der Waals surface area contributed by atoms with Gasteiger partial charge in [-0.3, -0.25) is 10.2 Å². The summed E-state index contributed by atoms with van der Waals surface area (Å²) in [4.78, 5) is 14.2. The Bertz CT molecular complexity index is 381. The molecule has 0 fully saturated rings. The third-order valence-corrected chi connectivity index (χ3v) is 1.57. The molecule has 0 atom stereocenters. The third kappa shape index (κ3) is 3.39. The highest BCUT2D eigenvalue weighted by Gasteiger charge is 2.30. The molecule has 0 aliphatic carbocycles. The number of halogens is 3. The van der Waals surface area contributed by atoms with Gasteiger partial charge in [0.1, 0.15) is 0 Å². The standard InChI is InChI=1S/C8H8F3N3O2/c9-8(10,11)5-1-2-13-7(3-5)16-4-6(15)14-12/h1-3H,4,12H2,(H,14,15). The maximum Gasteiger partial charge on any atom is 0.416 e. The predicted octanol–water partition coefficient (Wildman–Crippen LogP) is 0.469. The van der Waals surface area contributed by atoms with E-state index >= 15 is 0 Å². The van der Waals surface area contributed by atoms with Gasteiger partial charge in [0.05, 0.1) is 5.56 Å². The minimum Gasteiger partial charge on any atom is -0.467 e. The molecule has 1 aromatic rings. The first kappa shape index (κ1) is 12.2. The highest BCUT2D eigenvalue weighted by Crippen LogP contribution is 2.30. The van der Waals surface area contributed by atoms with E-state index in [1.54, 1.807) is 5.43 Å². The SMILES string of the molecule is NNC(=O)COc1cc(C(F)(F)F)ccn1. The number of rotatable bonds is 3. The minimum atomic E-state index is -4.48. The fraction of sp³-hybridized carbons (Fsp3) is 0.250. The number of alkyl halides is 3. The first-order chi connectivity index (χ1) is 7.43. The van der Waals surface area contributed by atoms with Gasteiger partial charge in [-0.05, 0) is 6.07 Å². The highest BCUT2D eigenvalue weighted by molar-refractivity contribution is 5.76. The van der Waals surface area contributed by atoms with Gasteiger partial charge in [0.15, 0.2) is 6.61 Å². The van der Waals surface area contributed by atoms with Gasteiger partial charge in [-0.25, -0.2) is 10.8 Å². The molecule has 0 saturated carbocycles. The van der Waals surface area contributed by atoms with E-state index in [2.05, 4.69) is 4.98 Å². The van der Waals surface area contributed by atoms with Gasteiger partial charge in [-0.1, -0.05) is 0 Å². The van der Waals surface area contributed by atoms with Crippen molar-refractivity contribution in [2.45, 2.75) is 6.18 Å². The Morgan fingerprint density at radius 1 is 1.56 bits per heavy atom. The van der Waals surface area contributed by atoms with Crippen molar-refractivity contribution in [2.75, 3.05) is 6.61 Å². The number of nitrogens with two attached hydrogens (primary N) is 1. The summed E-state index contributed by atoms with van der Waals surface area (Å²) in [6, 6.07) is 1.50. The number of carbonyl (C=O) groups excluding carboxylic acids is 1. The van der Waals surface area contributed by atoms with Crippen LogP contribution in [-0.4, -0.2) is 17.5 Å². The molecule has 1 aromatic heterocycles. The van der Waals surface area contributed by atoms with E-state index in [0.29, 0.717) is 6.07 Å². The first-order valence-electron chi connectivity index (χ1n) is 4.09. The molecule has 0 bridgehead atoms. The van der Waals surface area contributed by atoms with E-state index in [1.807, 2.05) is 0 Å². The predicted molar refractivity (Wildman–Crippen MR) is 47.1 cm³/mol. The molecule has 0 aliphatic heterocycles.